The monoisotopic (exact) mass is 402 g/mol. The second-order valence-corrected chi connectivity index (χ2v) is 6.45. The lowest BCUT2D eigenvalue weighted by Gasteiger charge is -2.23. The number of amides is 1. The molecule has 0 bridgehead atoms. The number of hydrogen-bond acceptors (Lipinski definition) is 4. The van der Waals surface area contributed by atoms with Crippen molar-refractivity contribution in [3.05, 3.63) is 52.0 Å². The summed E-state index contributed by atoms with van der Waals surface area (Å²) in [4.78, 5) is 18.8. The topological polar surface area (TPSA) is 51.1 Å². The molecule has 1 aliphatic heterocycles. The fourth-order valence-electron chi connectivity index (χ4n) is 2.93. The minimum Gasteiger partial charge on any atom is -0.493 e. The van der Waals surface area contributed by atoms with Gasteiger partial charge >= 0.3 is 0 Å². The summed E-state index contributed by atoms with van der Waals surface area (Å²) in [5, 5.41) is 0. The lowest BCUT2D eigenvalue weighted by Crippen LogP contribution is -2.32. The van der Waals surface area contributed by atoms with Crippen molar-refractivity contribution in [2.75, 3.05) is 32.2 Å². The first-order chi connectivity index (χ1) is 12.1. The van der Waals surface area contributed by atoms with Crippen LogP contribution >= 0.6 is 15.9 Å². The van der Waals surface area contributed by atoms with Crippen molar-refractivity contribution in [1.29, 1.82) is 0 Å². The number of methoxy groups -OCH3 is 2. The van der Waals surface area contributed by atoms with Crippen molar-refractivity contribution < 1.29 is 14.3 Å². The molecule has 0 saturated heterocycles. The Labute approximate surface area is 155 Å². The van der Waals surface area contributed by atoms with Gasteiger partial charge in [-0.1, -0.05) is 28.1 Å². The Morgan fingerprint density at radius 1 is 1.12 bits per heavy atom. The zero-order valence-corrected chi connectivity index (χ0v) is 16.0. The molecule has 1 aliphatic rings. The number of aliphatic imine (C=N–C) groups is 1. The predicted molar refractivity (Wildman–Crippen MR) is 102 cm³/mol. The van der Waals surface area contributed by atoms with Gasteiger partial charge in [0.25, 0.3) is 0 Å². The van der Waals surface area contributed by atoms with Crippen LogP contribution in [-0.4, -0.2) is 38.9 Å². The first-order valence-electron chi connectivity index (χ1n) is 7.96. The molecular formula is C19H19BrN2O3. The average Bonchev–Trinajstić information content (AvgIpc) is 2.76. The Morgan fingerprint density at radius 3 is 2.36 bits per heavy atom. The number of carbonyl (C=O) groups excluding carboxylic acids is 1. The number of ether oxygens (including phenoxy) is 2. The molecule has 2 aromatic rings. The van der Waals surface area contributed by atoms with Gasteiger partial charge in [0.1, 0.15) is 6.54 Å². The number of anilines is 1. The van der Waals surface area contributed by atoms with Gasteiger partial charge in [-0.2, -0.15) is 0 Å². The molecule has 0 aliphatic carbocycles. The molecule has 5 nitrogen and oxygen atoms in total. The Morgan fingerprint density at radius 2 is 1.76 bits per heavy atom. The Bertz CT molecular complexity index is 831. The minimum absolute atomic E-state index is 0.0388. The molecule has 0 atom stereocenters. The largest absolute Gasteiger partial charge is 0.493 e. The van der Waals surface area contributed by atoms with Gasteiger partial charge < -0.3 is 14.4 Å². The molecule has 3 rings (SSSR count). The summed E-state index contributed by atoms with van der Waals surface area (Å²) >= 11 is 3.45. The molecule has 6 heteroatoms. The van der Waals surface area contributed by atoms with E-state index < -0.39 is 0 Å². The van der Waals surface area contributed by atoms with E-state index in [9.17, 15) is 4.79 Å². The average molecular weight is 403 g/mol. The maximum absolute atomic E-state index is 12.5. The summed E-state index contributed by atoms with van der Waals surface area (Å²) in [6.07, 6.45) is 0. The number of nitrogens with zero attached hydrogens (tertiary/aromatic N) is 2. The van der Waals surface area contributed by atoms with E-state index in [4.69, 9.17) is 9.47 Å². The lowest BCUT2D eigenvalue weighted by atomic mass is 9.99. The second kappa shape index (κ2) is 7.27. The highest BCUT2D eigenvalue weighted by Crippen LogP contribution is 2.37. The van der Waals surface area contributed by atoms with Crippen LogP contribution in [0.1, 0.15) is 18.1 Å². The van der Waals surface area contributed by atoms with Crippen molar-refractivity contribution in [3.8, 4) is 11.5 Å². The summed E-state index contributed by atoms with van der Waals surface area (Å²) in [5.74, 6) is 1.16. The van der Waals surface area contributed by atoms with E-state index >= 15 is 0 Å². The van der Waals surface area contributed by atoms with Crippen LogP contribution in [0.3, 0.4) is 0 Å². The number of carbonyl (C=O) groups is 1. The number of benzene rings is 2. The Hall–Kier alpha value is -2.34. The number of hydrogen-bond donors (Lipinski definition) is 0. The fraction of sp³-hybridized carbons (Fsp3) is 0.263. The van der Waals surface area contributed by atoms with Crippen molar-refractivity contribution in [3.63, 3.8) is 0 Å². The van der Waals surface area contributed by atoms with Crippen LogP contribution in [0.25, 0.3) is 0 Å². The normalized spacial score (nSPS) is 13.8. The maximum atomic E-state index is 12.5. The van der Waals surface area contributed by atoms with Gasteiger partial charge in [-0.3, -0.25) is 9.79 Å². The number of benzodiazepines with no additional fused rings is 1. The Balaban J connectivity index is 2.25. The van der Waals surface area contributed by atoms with Gasteiger partial charge in [0.05, 0.1) is 25.6 Å². The third-order valence-electron chi connectivity index (χ3n) is 4.16. The maximum Gasteiger partial charge on any atom is 0.248 e. The van der Waals surface area contributed by atoms with Gasteiger partial charge in [-0.05, 0) is 25.1 Å². The summed E-state index contributed by atoms with van der Waals surface area (Å²) in [6, 6.07) is 11.6. The molecular weight excluding hydrogens is 384 g/mol. The molecule has 0 saturated carbocycles. The van der Waals surface area contributed by atoms with E-state index in [2.05, 4.69) is 20.9 Å². The smallest absolute Gasteiger partial charge is 0.248 e. The van der Waals surface area contributed by atoms with Crippen molar-refractivity contribution in [1.82, 2.24) is 0 Å². The minimum atomic E-state index is -0.0388. The molecule has 0 N–H and O–H groups in total. The van der Waals surface area contributed by atoms with E-state index in [1.54, 1.807) is 19.1 Å². The van der Waals surface area contributed by atoms with Crippen LogP contribution in [0.4, 0.5) is 5.69 Å². The number of rotatable bonds is 4. The summed E-state index contributed by atoms with van der Waals surface area (Å²) < 4.78 is 11.9. The third kappa shape index (κ3) is 3.26. The van der Waals surface area contributed by atoms with Crippen molar-refractivity contribution in [2.45, 2.75) is 6.92 Å². The van der Waals surface area contributed by atoms with Crippen LogP contribution in [0.5, 0.6) is 11.5 Å². The molecule has 2 aromatic carbocycles. The van der Waals surface area contributed by atoms with Crippen molar-refractivity contribution in [2.24, 2.45) is 4.99 Å². The molecule has 0 fully saturated rings. The summed E-state index contributed by atoms with van der Waals surface area (Å²) in [7, 11) is 3.18. The third-order valence-corrected chi connectivity index (χ3v) is 4.68. The highest BCUT2D eigenvalue weighted by atomic mass is 79.9. The summed E-state index contributed by atoms with van der Waals surface area (Å²) in [5.41, 5.74) is 3.35. The van der Waals surface area contributed by atoms with E-state index in [1.807, 2.05) is 43.3 Å². The number of fused-ring (bicyclic) bond motifs is 1. The van der Waals surface area contributed by atoms with E-state index in [0.29, 0.717) is 18.0 Å². The van der Waals surface area contributed by atoms with Crippen LogP contribution in [0, 0.1) is 0 Å². The predicted octanol–water partition coefficient (Wildman–Crippen LogP) is 3.67. The molecule has 1 amide bonds. The molecule has 0 radical (unpaired) electrons. The van der Waals surface area contributed by atoms with Gasteiger partial charge in [-0.15, -0.1) is 0 Å². The molecule has 0 unspecified atom stereocenters. The van der Waals surface area contributed by atoms with Crippen LogP contribution in [-0.2, 0) is 4.79 Å². The molecule has 0 spiro atoms. The second-order valence-electron chi connectivity index (χ2n) is 5.53. The first-order valence-corrected chi connectivity index (χ1v) is 8.75. The molecule has 25 heavy (non-hydrogen) atoms. The Kier molecular flexibility index (Phi) is 5.08. The quantitative estimate of drug-likeness (QED) is 0.783. The fourth-order valence-corrected chi connectivity index (χ4v) is 3.20. The zero-order chi connectivity index (χ0) is 18.0. The van der Waals surface area contributed by atoms with Gasteiger partial charge in [0.2, 0.25) is 5.91 Å². The van der Waals surface area contributed by atoms with E-state index in [0.717, 1.165) is 27.0 Å². The molecule has 1 heterocycles. The number of likely N-dealkylation sites (N-methyl/N-ethyl adjacent to an activating group) is 1. The van der Waals surface area contributed by atoms with Crippen LogP contribution < -0.4 is 14.4 Å². The van der Waals surface area contributed by atoms with Gasteiger partial charge in [0.15, 0.2) is 11.5 Å². The van der Waals surface area contributed by atoms with Crippen LogP contribution in [0.2, 0.25) is 0 Å². The SMILES string of the molecule is CCN1C(=O)CN=C(c2ccc(Br)cc2)c2cc(OC)c(OC)cc21. The highest BCUT2D eigenvalue weighted by molar-refractivity contribution is 9.10. The van der Waals surface area contributed by atoms with E-state index in [-0.39, 0.29) is 12.5 Å². The zero-order valence-electron chi connectivity index (χ0n) is 14.4. The lowest BCUT2D eigenvalue weighted by molar-refractivity contribution is -0.117. The van der Waals surface area contributed by atoms with Gasteiger partial charge in [-0.25, -0.2) is 0 Å². The van der Waals surface area contributed by atoms with E-state index in [1.165, 1.54) is 0 Å². The molecule has 130 valence electrons. The molecule has 0 aromatic heterocycles. The van der Waals surface area contributed by atoms with Gasteiger partial charge in [0, 0.05) is 28.2 Å². The first kappa shape index (κ1) is 17.5. The van der Waals surface area contributed by atoms with Crippen molar-refractivity contribution >= 4 is 33.2 Å². The summed E-state index contributed by atoms with van der Waals surface area (Å²) in [6.45, 7) is 2.62. The number of halogens is 1. The standard InChI is InChI=1S/C19H19BrN2O3/c1-4-22-15-10-17(25-3)16(24-2)9-14(15)19(21-11-18(22)23)12-5-7-13(20)8-6-12/h5-10H,4,11H2,1-3H3. The highest BCUT2D eigenvalue weighted by Gasteiger charge is 2.26. The van der Waals surface area contributed by atoms with Crippen LogP contribution in [0.15, 0.2) is 45.9 Å².